The Kier molecular flexibility index (Phi) is 4.82. The first-order valence-electron chi connectivity index (χ1n) is 7.22. The molecule has 0 N–H and O–H groups in total. The van der Waals surface area contributed by atoms with E-state index in [4.69, 9.17) is 4.74 Å². The van der Waals surface area contributed by atoms with Gasteiger partial charge in [-0.05, 0) is 46.2 Å². The number of pyridine rings is 1. The third-order valence-corrected chi connectivity index (χ3v) is 6.52. The van der Waals surface area contributed by atoms with Crippen molar-refractivity contribution in [3.05, 3.63) is 60.9 Å². The van der Waals surface area contributed by atoms with Crippen LogP contribution in [0.2, 0.25) is 0 Å². The fourth-order valence-corrected chi connectivity index (χ4v) is 4.72. The van der Waals surface area contributed by atoms with Crippen LogP contribution in [0.15, 0.2) is 40.2 Å². The van der Waals surface area contributed by atoms with Crippen LogP contribution in [0.5, 0.6) is 0 Å². The van der Waals surface area contributed by atoms with E-state index in [1.54, 1.807) is 16.3 Å². The fraction of sp³-hybridized carbons (Fsp3) is 0.294. The van der Waals surface area contributed by atoms with Gasteiger partial charge in [0.1, 0.15) is 6.04 Å². The van der Waals surface area contributed by atoms with E-state index in [1.807, 2.05) is 25.1 Å². The highest BCUT2D eigenvalue weighted by atomic mass is 127. The van der Waals surface area contributed by atoms with Gasteiger partial charge in [0.05, 0.1) is 15.7 Å². The number of halogens is 1. The Bertz CT molecular complexity index is 817. The molecule has 0 aliphatic carbocycles. The molecule has 1 aliphatic heterocycles. The van der Waals surface area contributed by atoms with Crippen molar-refractivity contribution in [1.29, 1.82) is 0 Å². The monoisotopic (exact) mass is 441 g/mol. The van der Waals surface area contributed by atoms with Crippen LogP contribution < -0.4 is 5.56 Å². The number of esters is 1. The Morgan fingerprint density at radius 1 is 1.39 bits per heavy atom. The van der Waals surface area contributed by atoms with Gasteiger partial charge in [-0.25, -0.2) is 4.79 Å². The maximum absolute atomic E-state index is 12.7. The van der Waals surface area contributed by atoms with E-state index >= 15 is 0 Å². The average Bonchev–Trinajstić information content (AvgIpc) is 3.02. The average molecular weight is 441 g/mol. The molecule has 0 spiro atoms. The highest BCUT2D eigenvalue weighted by molar-refractivity contribution is 14.1. The lowest BCUT2D eigenvalue weighted by molar-refractivity contribution is -0.143. The topological polar surface area (TPSA) is 48.3 Å². The van der Waals surface area contributed by atoms with E-state index in [0.29, 0.717) is 9.32 Å². The fourth-order valence-electron chi connectivity index (χ4n) is 2.79. The predicted molar refractivity (Wildman–Crippen MR) is 99.2 cm³/mol. The van der Waals surface area contributed by atoms with Crippen molar-refractivity contribution in [3.63, 3.8) is 0 Å². The lowest BCUT2D eigenvalue weighted by Gasteiger charge is -2.17. The van der Waals surface area contributed by atoms with Gasteiger partial charge in [0.15, 0.2) is 0 Å². The summed E-state index contributed by atoms with van der Waals surface area (Å²) < 4.78 is 7.15. The molecule has 1 atom stereocenters. The van der Waals surface area contributed by atoms with E-state index in [-0.39, 0.29) is 11.5 Å². The zero-order valence-electron chi connectivity index (χ0n) is 12.8. The Morgan fingerprint density at radius 2 is 2.09 bits per heavy atom. The van der Waals surface area contributed by atoms with E-state index in [9.17, 15) is 9.59 Å². The summed E-state index contributed by atoms with van der Waals surface area (Å²) in [6, 6.07) is 9.63. The summed E-state index contributed by atoms with van der Waals surface area (Å²) in [6.07, 6.45) is 0.749. The van der Waals surface area contributed by atoms with Crippen LogP contribution in [-0.2, 0) is 16.0 Å². The van der Waals surface area contributed by atoms with Gasteiger partial charge in [0.2, 0.25) is 0 Å². The zero-order chi connectivity index (χ0) is 16.6. The first-order valence-corrected chi connectivity index (χ1v) is 9.29. The van der Waals surface area contributed by atoms with Gasteiger partial charge in [0.25, 0.3) is 5.56 Å². The number of carbonyl (C=O) groups is 1. The van der Waals surface area contributed by atoms with Gasteiger partial charge in [0, 0.05) is 12.2 Å². The van der Waals surface area contributed by atoms with Gasteiger partial charge in [-0.2, -0.15) is 0 Å². The maximum atomic E-state index is 12.7. The van der Waals surface area contributed by atoms with Crippen LogP contribution in [-0.4, -0.2) is 23.4 Å². The van der Waals surface area contributed by atoms with Crippen molar-refractivity contribution >= 4 is 40.3 Å². The smallest absolute Gasteiger partial charge is 0.329 e. The van der Waals surface area contributed by atoms with E-state index in [1.165, 1.54) is 12.7 Å². The second-order valence-corrected chi connectivity index (χ2v) is 7.50. The number of aromatic nitrogens is 1. The van der Waals surface area contributed by atoms with Gasteiger partial charge < -0.3 is 4.74 Å². The van der Waals surface area contributed by atoms with Crippen molar-refractivity contribution in [1.82, 2.24) is 4.57 Å². The number of rotatable bonds is 3. The van der Waals surface area contributed by atoms with Gasteiger partial charge in [-0.15, -0.1) is 11.8 Å². The minimum Gasteiger partial charge on any atom is -0.467 e. The Morgan fingerprint density at radius 3 is 2.74 bits per heavy atom. The number of benzene rings is 1. The molecule has 4 nitrogen and oxygen atoms in total. The summed E-state index contributed by atoms with van der Waals surface area (Å²) in [4.78, 5) is 24.6. The molecule has 1 aromatic carbocycles. The minimum atomic E-state index is -0.531. The van der Waals surface area contributed by atoms with Crippen LogP contribution in [0.3, 0.4) is 0 Å². The lowest BCUT2D eigenvalue weighted by Crippen LogP contribution is -2.32. The molecule has 3 rings (SSSR count). The summed E-state index contributed by atoms with van der Waals surface area (Å²) in [5, 5.41) is 0.896. The second-order valence-electron chi connectivity index (χ2n) is 5.41. The molecule has 120 valence electrons. The van der Waals surface area contributed by atoms with Crippen LogP contribution >= 0.6 is 34.4 Å². The van der Waals surface area contributed by atoms with Crippen LogP contribution in [0.1, 0.15) is 22.7 Å². The summed E-state index contributed by atoms with van der Waals surface area (Å²) >= 11 is 3.64. The van der Waals surface area contributed by atoms with Crippen LogP contribution in [0.25, 0.3) is 0 Å². The van der Waals surface area contributed by atoms with E-state index in [0.717, 1.165) is 22.6 Å². The molecular weight excluding hydrogens is 425 g/mol. The molecule has 23 heavy (non-hydrogen) atoms. The first-order chi connectivity index (χ1) is 11.0. The number of ether oxygens (including phenoxy) is 1. The number of methoxy groups -OCH3 is 1. The third-order valence-electron chi connectivity index (χ3n) is 4.05. The quantitative estimate of drug-likeness (QED) is 0.543. The molecule has 0 saturated carbocycles. The number of hydrogen-bond acceptors (Lipinski definition) is 4. The van der Waals surface area contributed by atoms with Gasteiger partial charge in [-0.3, -0.25) is 9.36 Å². The SMILES string of the molecule is COC(=O)C1CSc2c(Cc3ccccc3)c(C)c(I)c(=O)n21. The molecule has 0 amide bonds. The highest BCUT2D eigenvalue weighted by Gasteiger charge is 2.34. The van der Waals surface area contributed by atoms with Crippen LogP contribution in [0, 0.1) is 10.5 Å². The Hall–Kier alpha value is -1.28. The molecule has 0 saturated heterocycles. The van der Waals surface area contributed by atoms with Gasteiger partial charge >= 0.3 is 5.97 Å². The van der Waals surface area contributed by atoms with Crippen molar-refractivity contribution in [2.75, 3.05) is 12.9 Å². The highest BCUT2D eigenvalue weighted by Crippen LogP contribution is 2.37. The normalized spacial score (nSPS) is 16.2. The zero-order valence-corrected chi connectivity index (χ0v) is 15.8. The van der Waals surface area contributed by atoms with Crippen molar-refractivity contribution in [2.24, 2.45) is 0 Å². The molecule has 2 heterocycles. The largest absolute Gasteiger partial charge is 0.467 e. The number of thioether (sulfide) groups is 1. The van der Waals surface area contributed by atoms with E-state index in [2.05, 4.69) is 34.7 Å². The Balaban J connectivity index is 2.15. The summed E-state index contributed by atoms with van der Waals surface area (Å²) in [5.41, 5.74) is 3.21. The number of nitrogens with zero attached hydrogens (tertiary/aromatic N) is 1. The maximum Gasteiger partial charge on any atom is 0.329 e. The Labute approximate surface area is 152 Å². The molecule has 6 heteroatoms. The van der Waals surface area contributed by atoms with E-state index < -0.39 is 6.04 Å². The summed E-state index contributed by atoms with van der Waals surface area (Å²) in [7, 11) is 1.36. The predicted octanol–water partition coefficient (Wildman–Crippen LogP) is 3.17. The third kappa shape index (κ3) is 2.94. The molecule has 0 bridgehead atoms. The summed E-state index contributed by atoms with van der Waals surface area (Å²) in [6.45, 7) is 1.98. The number of hydrogen-bond donors (Lipinski definition) is 0. The minimum absolute atomic E-state index is 0.102. The molecule has 0 radical (unpaired) electrons. The second kappa shape index (κ2) is 6.68. The number of fused-ring (bicyclic) bond motifs is 1. The van der Waals surface area contributed by atoms with Crippen molar-refractivity contribution < 1.29 is 9.53 Å². The number of carbonyl (C=O) groups excluding carboxylic acids is 1. The van der Waals surface area contributed by atoms with Crippen molar-refractivity contribution in [3.8, 4) is 0 Å². The standard InChI is InChI=1S/C17H16INO3S/c1-10-12(8-11-6-4-3-5-7-11)16-19(15(20)14(10)18)13(9-23-16)17(21)22-2/h3-7,13H,8-9H2,1-2H3. The molecule has 1 aliphatic rings. The molecule has 1 aromatic heterocycles. The van der Waals surface area contributed by atoms with Crippen molar-refractivity contribution in [2.45, 2.75) is 24.4 Å². The van der Waals surface area contributed by atoms with Gasteiger partial charge in [-0.1, -0.05) is 30.3 Å². The molecular formula is C17H16INO3S. The first kappa shape index (κ1) is 16.6. The lowest BCUT2D eigenvalue weighted by atomic mass is 10.0. The molecule has 2 aromatic rings. The molecule has 0 fully saturated rings. The summed E-state index contributed by atoms with van der Waals surface area (Å²) in [5.74, 6) is 0.187. The van der Waals surface area contributed by atoms with Crippen LogP contribution in [0.4, 0.5) is 0 Å². The molecule has 1 unspecified atom stereocenters.